The number of aromatic hydroxyl groups is 1. The molecule has 1 N–H and O–H groups in total. The van der Waals surface area contributed by atoms with Crippen molar-refractivity contribution < 1.29 is 24.2 Å². The molecular formula is C38H66O5. The zero-order valence-corrected chi connectivity index (χ0v) is 30.3. The molecule has 0 aliphatic heterocycles. The summed E-state index contributed by atoms with van der Waals surface area (Å²) < 4.78 is 12.4. The molecule has 0 aromatic heterocycles. The summed E-state index contributed by atoms with van der Waals surface area (Å²) in [6.45, 7) is 30.0. The monoisotopic (exact) mass is 602 g/mol. The fourth-order valence-corrected chi connectivity index (χ4v) is 8.14. The summed E-state index contributed by atoms with van der Waals surface area (Å²) >= 11 is 0. The molecule has 0 amide bonds. The molecule has 0 aliphatic carbocycles. The Balaban J connectivity index is 4.09. The lowest BCUT2D eigenvalue weighted by molar-refractivity contribution is -0.188. The van der Waals surface area contributed by atoms with Gasteiger partial charge in [-0.1, -0.05) is 69.2 Å². The molecule has 1 aromatic rings. The lowest BCUT2D eigenvalue weighted by Gasteiger charge is -2.60. The lowest BCUT2D eigenvalue weighted by Crippen LogP contribution is -2.59. The SMILES string of the molecule is CCC(C)(CC)C(C(=O)OC(C)(C)C)C(CC)(CC)CC(CC)(CC)C(C)(C(=O)Oc1ccc(O)cc1)C(C)(CC)CC. The van der Waals surface area contributed by atoms with Crippen LogP contribution < -0.4 is 4.74 Å². The van der Waals surface area contributed by atoms with E-state index in [0.29, 0.717) is 5.75 Å². The van der Waals surface area contributed by atoms with Crippen LogP contribution in [0.3, 0.4) is 0 Å². The maximum absolute atomic E-state index is 14.7. The summed E-state index contributed by atoms with van der Waals surface area (Å²) in [6, 6.07) is 6.40. The Kier molecular flexibility index (Phi) is 13.4. The minimum Gasteiger partial charge on any atom is -0.508 e. The molecule has 0 aliphatic rings. The van der Waals surface area contributed by atoms with Crippen molar-refractivity contribution in [2.24, 2.45) is 33.0 Å². The number of hydrogen-bond donors (Lipinski definition) is 1. The van der Waals surface area contributed by atoms with Gasteiger partial charge in [0.25, 0.3) is 0 Å². The zero-order chi connectivity index (χ0) is 33.5. The summed E-state index contributed by atoms with van der Waals surface area (Å²) in [5, 5.41) is 9.84. The topological polar surface area (TPSA) is 72.8 Å². The maximum Gasteiger partial charge on any atom is 0.318 e. The molecule has 1 aromatic carbocycles. The first-order valence-corrected chi connectivity index (χ1v) is 17.1. The number of ether oxygens (including phenoxy) is 2. The third-order valence-electron chi connectivity index (χ3n) is 12.3. The summed E-state index contributed by atoms with van der Waals surface area (Å²) in [5.74, 6) is -0.126. The second-order valence-corrected chi connectivity index (χ2v) is 14.8. The fraction of sp³-hybridized carbons (Fsp3) is 0.789. The number of phenolic OH excluding ortho intramolecular Hbond substituents is 1. The van der Waals surface area contributed by atoms with Gasteiger partial charge in [0.2, 0.25) is 0 Å². The van der Waals surface area contributed by atoms with E-state index < -0.39 is 21.8 Å². The van der Waals surface area contributed by atoms with Gasteiger partial charge in [0, 0.05) is 0 Å². The lowest BCUT2D eigenvalue weighted by atomic mass is 9.43. The van der Waals surface area contributed by atoms with Gasteiger partial charge < -0.3 is 14.6 Å². The fourth-order valence-electron chi connectivity index (χ4n) is 8.14. The van der Waals surface area contributed by atoms with Gasteiger partial charge in [0.15, 0.2) is 0 Å². The molecule has 0 saturated heterocycles. The minimum atomic E-state index is -0.867. The van der Waals surface area contributed by atoms with Crippen molar-refractivity contribution in [2.75, 3.05) is 0 Å². The Labute approximate surface area is 264 Å². The summed E-state index contributed by atoms with van der Waals surface area (Å²) in [7, 11) is 0. The molecular weight excluding hydrogens is 536 g/mol. The molecule has 0 spiro atoms. The van der Waals surface area contributed by atoms with Crippen molar-refractivity contribution in [3.05, 3.63) is 24.3 Å². The van der Waals surface area contributed by atoms with E-state index >= 15 is 0 Å². The highest BCUT2D eigenvalue weighted by atomic mass is 16.6. The van der Waals surface area contributed by atoms with Crippen LogP contribution in [0.5, 0.6) is 11.5 Å². The first kappa shape index (κ1) is 39.0. The van der Waals surface area contributed by atoms with E-state index in [1.165, 1.54) is 0 Å². The highest BCUT2D eigenvalue weighted by Gasteiger charge is 2.64. The first-order valence-electron chi connectivity index (χ1n) is 17.1. The van der Waals surface area contributed by atoms with E-state index in [4.69, 9.17) is 9.47 Å². The second kappa shape index (κ2) is 14.8. The molecule has 0 fully saturated rings. The van der Waals surface area contributed by atoms with Crippen LogP contribution in [0, 0.1) is 33.0 Å². The molecule has 248 valence electrons. The molecule has 0 saturated carbocycles. The van der Waals surface area contributed by atoms with Crippen molar-refractivity contribution in [1.29, 1.82) is 0 Å². The molecule has 5 nitrogen and oxygen atoms in total. The summed E-state index contributed by atoms with van der Waals surface area (Å²) in [4.78, 5) is 29.1. The zero-order valence-electron chi connectivity index (χ0n) is 30.3. The van der Waals surface area contributed by atoms with E-state index in [-0.39, 0.29) is 34.4 Å². The number of carbonyl (C=O) groups is 2. The third-order valence-corrected chi connectivity index (χ3v) is 12.3. The molecule has 0 bridgehead atoms. The second-order valence-electron chi connectivity index (χ2n) is 14.8. The van der Waals surface area contributed by atoms with Crippen molar-refractivity contribution in [3.63, 3.8) is 0 Å². The molecule has 2 unspecified atom stereocenters. The number of hydrogen-bond acceptors (Lipinski definition) is 5. The van der Waals surface area contributed by atoms with Gasteiger partial charge in [-0.3, -0.25) is 9.59 Å². The van der Waals surface area contributed by atoms with Gasteiger partial charge in [-0.15, -0.1) is 0 Å². The summed E-state index contributed by atoms with van der Waals surface area (Å²) in [6.07, 6.45) is 7.24. The Morgan fingerprint density at radius 2 is 1.16 bits per heavy atom. The van der Waals surface area contributed by atoms with Gasteiger partial charge in [-0.25, -0.2) is 0 Å². The van der Waals surface area contributed by atoms with Gasteiger partial charge in [0.05, 0.1) is 11.3 Å². The van der Waals surface area contributed by atoms with Crippen molar-refractivity contribution >= 4 is 11.9 Å². The quantitative estimate of drug-likeness (QED) is 0.142. The highest BCUT2D eigenvalue weighted by molar-refractivity contribution is 5.81. The van der Waals surface area contributed by atoms with E-state index in [9.17, 15) is 14.7 Å². The van der Waals surface area contributed by atoms with Crippen LogP contribution >= 0.6 is 0 Å². The minimum absolute atomic E-state index is 0.120. The average Bonchev–Trinajstić information content (AvgIpc) is 2.98. The predicted molar refractivity (Wildman–Crippen MR) is 179 cm³/mol. The molecule has 0 radical (unpaired) electrons. The normalized spacial score (nSPS) is 15.5. The number of rotatable bonds is 17. The van der Waals surface area contributed by atoms with Crippen molar-refractivity contribution in [2.45, 2.75) is 160 Å². The van der Waals surface area contributed by atoms with Gasteiger partial charge in [0.1, 0.15) is 17.1 Å². The van der Waals surface area contributed by atoms with Crippen molar-refractivity contribution in [3.8, 4) is 11.5 Å². The number of esters is 2. The van der Waals surface area contributed by atoms with Crippen LogP contribution in [0.15, 0.2) is 24.3 Å². The van der Waals surface area contributed by atoms with Gasteiger partial charge >= 0.3 is 11.9 Å². The Hall–Kier alpha value is -2.04. The van der Waals surface area contributed by atoms with Gasteiger partial charge in [-0.05, 0) is 131 Å². The third kappa shape index (κ3) is 7.61. The number of phenols is 1. The molecule has 0 heterocycles. The Morgan fingerprint density at radius 1 is 0.698 bits per heavy atom. The van der Waals surface area contributed by atoms with Crippen LogP contribution in [0.4, 0.5) is 0 Å². The van der Waals surface area contributed by atoms with E-state index in [0.717, 1.165) is 57.8 Å². The highest BCUT2D eigenvalue weighted by Crippen LogP contribution is 2.65. The average molecular weight is 603 g/mol. The number of benzene rings is 1. The van der Waals surface area contributed by atoms with E-state index in [1.54, 1.807) is 24.3 Å². The molecule has 1 rings (SSSR count). The first-order chi connectivity index (χ1) is 19.8. The van der Waals surface area contributed by atoms with Crippen LogP contribution in [0.1, 0.15) is 155 Å². The van der Waals surface area contributed by atoms with Crippen LogP contribution in [-0.2, 0) is 14.3 Å². The smallest absolute Gasteiger partial charge is 0.318 e. The Morgan fingerprint density at radius 3 is 1.51 bits per heavy atom. The molecule has 5 heteroatoms. The maximum atomic E-state index is 14.7. The molecule has 2 atom stereocenters. The summed E-state index contributed by atoms with van der Waals surface area (Å²) in [5.41, 5.74) is -2.94. The molecule has 43 heavy (non-hydrogen) atoms. The van der Waals surface area contributed by atoms with Crippen LogP contribution in [-0.4, -0.2) is 22.6 Å². The van der Waals surface area contributed by atoms with Crippen LogP contribution in [0.25, 0.3) is 0 Å². The predicted octanol–water partition coefficient (Wildman–Crippen LogP) is 10.9. The number of carbonyl (C=O) groups excluding carboxylic acids is 2. The van der Waals surface area contributed by atoms with Crippen LogP contribution in [0.2, 0.25) is 0 Å². The van der Waals surface area contributed by atoms with Crippen molar-refractivity contribution in [1.82, 2.24) is 0 Å². The van der Waals surface area contributed by atoms with E-state index in [1.807, 2.05) is 20.8 Å². The van der Waals surface area contributed by atoms with Gasteiger partial charge in [-0.2, -0.15) is 0 Å². The van der Waals surface area contributed by atoms with E-state index in [2.05, 4.69) is 76.2 Å². The Bertz CT molecular complexity index is 1020. The largest absolute Gasteiger partial charge is 0.508 e. The standard InChI is InChI=1S/C38H66O5/c1-15-34(12,16-2)30(31(40)43-33(9,10)11)37(19-5,20-6)27-38(21-7,22-8)36(14,35(13,17-3)18-4)32(41)42-29-25-23-28(39)24-26-29/h23-26,30,39H,15-22,27H2,1-14H3.